The van der Waals surface area contributed by atoms with E-state index in [1.807, 2.05) is 0 Å². The van der Waals surface area contributed by atoms with Gasteiger partial charge in [-0.15, -0.1) is 6.58 Å². The van der Waals surface area contributed by atoms with Gasteiger partial charge < -0.3 is 0 Å². The molecule has 0 aliphatic heterocycles. The van der Waals surface area contributed by atoms with Gasteiger partial charge in [-0.05, 0) is 43.2 Å². The van der Waals surface area contributed by atoms with Gasteiger partial charge in [0.05, 0.1) is 0 Å². The minimum Gasteiger partial charge on any atom is -0.103 e. The third-order valence-electron chi connectivity index (χ3n) is 3.67. The van der Waals surface area contributed by atoms with Gasteiger partial charge in [0.2, 0.25) is 0 Å². The molecule has 0 aliphatic carbocycles. The van der Waals surface area contributed by atoms with Crippen LogP contribution in [0, 0.1) is 0 Å². The lowest BCUT2D eigenvalue weighted by molar-refractivity contribution is 0.333. The van der Waals surface area contributed by atoms with Crippen molar-refractivity contribution in [3.05, 3.63) is 35.9 Å². The van der Waals surface area contributed by atoms with Crippen LogP contribution in [0.3, 0.4) is 0 Å². The molecule has 1 aromatic carbocycles. The molecule has 0 fully saturated rings. The lowest BCUT2D eigenvalue weighted by Gasteiger charge is -2.49. The average Bonchev–Trinajstić information content (AvgIpc) is 2.39. The molecule has 0 unspecified atom stereocenters. The Hall–Kier alpha value is -1.04. The molecule has 0 saturated carbocycles. The van der Waals surface area contributed by atoms with E-state index in [0.717, 1.165) is 0 Å². The van der Waals surface area contributed by atoms with E-state index >= 15 is 0 Å². The summed E-state index contributed by atoms with van der Waals surface area (Å²) in [5.74, 6) is 0. The summed E-state index contributed by atoms with van der Waals surface area (Å²) in [7, 11) is -22.2. The zero-order valence-electron chi connectivity index (χ0n) is 14.3. The monoisotopic (exact) mass is 454 g/mol. The molecule has 0 radical (unpaired) electrons. The number of benzene rings is 1. The molecule has 12 heteroatoms. The topological polar surface area (TPSA) is 0 Å². The molecule has 0 aliphatic rings. The maximum Gasteiger partial charge on any atom is 0.312 e. The van der Waals surface area contributed by atoms with Gasteiger partial charge in [0.1, 0.15) is 9.79 Å². The second kappa shape index (κ2) is 5.74. The molecule has 0 nitrogen and oxygen atoms in total. The maximum atomic E-state index is 13.5. The second-order valence-corrected chi connectivity index (χ2v) is 11.0. The standard InChI is InChI=1S/C15H20F10S2/c1-3-5-6-7-9-13-11-10-12(8-4-2)14(26(16,17,18,19)20)15(13)27(21,22,23,24)25/h3,10-11H,1,4-9H2,2H3. The van der Waals surface area contributed by atoms with Crippen molar-refractivity contribution in [1.82, 2.24) is 0 Å². The molecule has 0 amide bonds. The van der Waals surface area contributed by atoms with E-state index in [4.69, 9.17) is 0 Å². The van der Waals surface area contributed by atoms with E-state index in [0.29, 0.717) is 12.1 Å². The molecule has 162 valence electrons. The van der Waals surface area contributed by atoms with Crippen LogP contribution in [0.25, 0.3) is 0 Å². The smallest absolute Gasteiger partial charge is 0.103 e. The first-order valence-corrected chi connectivity index (χ1v) is 11.7. The summed E-state index contributed by atoms with van der Waals surface area (Å²) in [5.41, 5.74) is -2.95. The van der Waals surface area contributed by atoms with Crippen LogP contribution >= 0.6 is 20.4 Å². The SMILES string of the molecule is C=CCCCCc1ccc(CCC)c(S(F)(F)(F)(F)F)c1S(F)(F)(F)(F)F. The summed E-state index contributed by atoms with van der Waals surface area (Å²) < 4.78 is 135. The summed E-state index contributed by atoms with van der Waals surface area (Å²) in [4.78, 5) is -6.98. The number of hydrogen-bond acceptors (Lipinski definition) is 0. The van der Waals surface area contributed by atoms with Crippen LogP contribution in [0.5, 0.6) is 0 Å². The molecule has 0 bridgehead atoms. The Labute approximate surface area is 151 Å². The first kappa shape index (κ1) is 24.0. The van der Waals surface area contributed by atoms with Crippen LogP contribution < -0.4 is 0 Å². The van der Waals surface area contributed by atoms with E-state index in [2.05, 4.69) is 6.58 Å². The predicted molar refractivity (Wildman–Crippen MR) is 91.0 cm³/mol. The van der Waals surface area contributed by atoms with Crippen molar-refractivity contribution in [2.24, 2.45) is 0 Å². The highest BCUT2D eigenvalue weighted by molar-refractivity contribution is 8.48. The molecular formula is C15H20F10S2. The van der Waals surface area contributed by atoms with Crippen molar-refractivity contribution >= 4 is 20.4 Å². The Morgan fingerprint density at radius 2 is 1.15 bits per heavy atom. The van der Waals surface area contributed by atoms with Crippen LogP contribution in [0.2, 0.25) is 0 Å². The number of allylic oxidation sites excluding steroid dienone is 1. The second-order valence-electron chi connectivity index (χ2n) is 6.26. The molecular weight excluding hydrogens is 434 g/mol. The van der Waals surface area contributed by atoms with Crippen LogP contribution in [-0.2, 0) is 12.8 Å². The number of aryl methyl sites for hydroxylation is 2. The molecule has 27 heavy (non-hydrogen) atoms. The first-order valence-electron chi connectivity index (χ1n) is 7.84. The molecule has 0 aromatic heterocycles. The van der Waals surface area contributed by atoms with E-state index in [1.54, 1.807) is 0 Å². The highest BCUT2D eigenvalue weighted by atomic mass is 32.5. The molecule has 1 aromatic rings. The van der Waals surface area contributed by atoms with E-state index < -0.39 is 54.2 Å². The van der Waals surface area contributed by atoms with E-state index in [9.17, 15) is 38.9 Å². The Morgan fingerprint density at radius 3 is 1.48 bits per heavy atom. The quantitative estimate of drug-likeness (QED) is 0.198. The first-order chi connectivity index (χ1) is 11.6. The molecule has 1 rings (SSSR count). The van der Waals surface area contributed by atoms with Crippen molar-refractivity contribution in [1.29, 1.82) is 0 Å². The highest BCUT2D eigenvalue weighted by Crippen LogP contribution is 3.10. The fourth-order valence-corrected chi connectivity index (χ4v) is 6.00. The highest BCUT2D eigenvalue weighted by Gasteiger charge is 2.76. The maximum absolute atomic E-state index is 13.5. The fourth-order valence-electron chi connectivity index (χ4n) is 2.76. The Bertz CT molecular complexity index is 732. The van der Waals surface area contributed by atoms with Crippen molar-refractivity contribution in [2.45, 2.75) is 55.2 Å². The number of unbranched alkanes of at least 4 members (excludes halogenated alkanes) is 2. The van der Waals surface area contributed by atoms with Crippen molar-refractivity contribution in [3.63, 3.8) is 0 Å². The largest absolute Gasteiger partial charge is 0.312 e. The predicted octanol–water partition coefficient (Wildman–Crippen LogP) is 9.85. The molecule has 0 heterocycles. The summed E-state index contributed by atoms with van der Waals surface area (Å²) in [6, 6.07) is 0.881. The average molecular weight is 454 g/mol. The minimum atomic E-state index is -11.1. The summed E-state index contributed by atoms with van der Waals surface area (Å²) >= 11 is 0. The van der Waals surface area contributed by atoms with Gasteiger partial charge in [-0.2, -0.15) is 0 Å². The molecule has 0 saturated heterocycles. The van der Waals surface area contributed by atoms with Gasteiger partial charge in [-0.25, -0.2) is 0 Å². The zero-order chi connectivity index (χ0) is 21.5. The summed E-state index contributed by atoms with van der Waals surface area (Å²) in [6.07, 6.45) is -0.296. The molecule has 0 N–H and O–H groups in total. The number of rotatable bonds is 9. The summed E-state index contributed by atoms with van der Waals surface area (Å²) in [6.45, 7) is 4.58. The Kier molecular flexibility index (Phi) is 5.10. The fraction of sp³-hybridized carbons (Fsp3) is 0.467. The van der Waals surface area contributed by atoms with Gasteiger partial charge in [-0.1, -0.05) is 70.4 Å². The van der Waals surface area contributed by atoms with Crippen molar-refractivity contribution < 1.29 is 38.9 Å². The normalized spacial score (nSPS) is 18.2. The van der Waals surface area contributed by atoms with Gasteiger partial charge in [0.25, 0.3) is 0 Å². The zero-order valence-corrected chi connectivity index (χ0v) is 15.9. The van der Waals surface area contributed by atoms with Gasteiger partial charge >= 0.3 is 20.4 Å². The van der Waals surface area contributed by atoms with E-state index in [1.165, 1.54) is 13.0 Å². The lowest BCUT2D eigenvalue weighted by atomic mass is 10.0. The number of halogens is 10. The van der Waals surface area contributed by atoms with Crippen molar-refractivity contribution in [2.75, 3.05) is 0 Å². The molecule has 0 atom stereocenters. The third-order valence-corrected chi connectivity index (χ3v) is 6.28. The summed E-state index contributed by atoms with van der Waals surface area (Å²) in [5, 5.41) is 0. The minimum absolute atomic E-state index is 0.158. The Balaban J connectivity index is 3.95. The lowest BCUT2D eigenvalue weighted by Crippen LogP contribution is -2.20. The van der Waals surface area contributed by atoms with Crippen LogP contribution in [0.15, 0.2) is 34.6 Å². The van der Waals surface area contributed by atoms with Crippen molar-refractivity contribution in [3.8, 4) is 0 Å². The van der Waals surface area contributed by atoms with Gasteiger partial charge in [0.15, 0.2) is 0 Å². The molecule has 0 spiro atoms. The third kappa shape index (κ3) is 6.51. The number of hydrogen-bond donors (Lipinski definition) is 0. The van der Waals surface area contributed by atoms with Crippen LogP contribution in [-0.4, -0.2) is 0 Å². The van der Waals surface area contributed by atoms with Gasteiger partial charge in [-0.3, -0.25) is 0 Å². The van der Waals surface area contributed by atoms with Crippen LogP contribution in [0.4, 0.5) is 38.9 Å². The van der Waals surface area contributed by atoms with E-state index in [-0.39, 0.29) is 25.7 Å². The van der Waals surface area contributed by atoms with Gasteiger partial charge in [0, 0.05) is 0 Å². The Morgan fingerprint density at radius 1 is 0.741 bits per heavy atom. The van der Waals surface area contributed by atoms with Crippen LogP contribution in [0.1, 0.15) is 43.7 Å².